The summed E-state index contributed by atoms with van der Waals surface area (Å²) >= 11 is 0. The maximum Gasteiger partial charge on any atom is 0.127 e. The van der Waals surface area contributed by atoms with Crippen LogP contribution in [0.25, 0.3) is 0 Å². The van der Waals surface area contributed by atoms with Gasteiger partial charge in [-0.05, 0) is 31.2 Å². The molecular formula is C15H20O. The number of allylic oxidation sites excluding steroid dienone is 3. The van der Waals surface area contributed by atoms with Crippen molar-refractivity contribution in [3.63, 3.8) is 0 Å². The Morgan fingerprint density at radius 2 is 1.75 bits per heavy atom. The molecule has 86 valence electrons. The molecule has 0 N–H and O–H groups in total. The Hall–Kier alpha value is -1.76. The Balaban J connectivity index is 0.00000106. The van der Waals surface area contributed by atoms with Crippen LogP contribution in [0.3, 0.4) is 0 Å². The second-order valence-electron chi connectivity index (χ2n) is 3.01. The lowest BCUT2D eigenvalue weighted by Gasteiger charge is -2.05. The first-order chi connectivity index (χ1) is 7.72. The summed E-state index contributed by atoms with van der Waals surface area (Å²) in [5.41, 5.74) is 0.941. The molecule has 16 heavy (non-hydrogen) atoms. The van der Waals surface area contributed by atoms with E-state index in [0.717, 1.165) is 11.3 Å². The Bertz CT molecular complexity index is 347. The number of rotatable bonds is 4. The molecule has 0 saturated carbocycles. The molecule has 0 radical (unpaired) electrons. The van der Waals surface area contributed by atoms with Crippen molar-refractivity contribution in [2.45, 2.75) is 20.8 Å². The molecule has 0 fully saturated rings. The van der Waals surface area contributed by atoms with Gasteiger partial charge in [-0.25, -0.2) is 0 Å². The van der Waals surface area contributed by atoms with Crippen LogP contribution >= 0.6 is 0 Å². The molecule has 0 spiro atoms. The summed E-state index contributed by atoms with van der Waals surface area (Å²) in [6.45, 7) is 13.4. The summed E-state index contributed by atoms with van der Waals surface area (Å²) in [4.78, 5) is 0. The molecule has 1 aromatic carbocycles. The molecule has 0 aliphatic heterocycles. The van der Waals surface area contributed by atoms with Gasteiger partial charge >= 0.3 is 0 Å². The van der Waals surface area contributed by atoms with Crippen LogP contribution in [-0.2, 0) is 0 Å². The van der Waals surface area contributed by atoms with Gasteiger partial charge in [0.05, 0.1) is 0 Å². The standard InChI is InChI=1S/C13H14O.C2H6/c1-4-12(10-11(2)3)14-13-8-6-5-7-9-13;1-2/h4-10H,1-2H2,3H3;1-2H3/b12-10+;. The predicted molar refractivity (Wildman–Crippen MR) is 71.5 cm³/mol. The molecule has 0 atom stereocenters. The molecule has 0 unspecified atom stereocenters. The number of hydrogen-bond acceptors (Lipinski definition) is 1. The zero-order valence-electron chi connectivity index (χ0n) is 10.4. The maximum absolute atomic E-state index is 5.56. The second-order valence-corrected chi connectivity index (χ2v) is 3.01. The Morgan fingerprint density at radius 1 is 1.19 bits per heavy atom. The summed E-state index contributed by atoms with van der Waals surface area (Å²) in [6.07, 6.45) is 3.52. The molecule has 0 aromatic heterocycles. The van der Waals surface area contributed by atoms with Crippen LogP contribution in [0.4, 0.5) is 0 Å². The minimum Gasteiger partial charge on any atom is -0.457 e. The fraction of sp³-hybridized carbons (Fsp3) is 0.200. The van der Waals surface area contributed by atoms with Gasteiger partial charge in [-0.3, -0.25) is 0 Å². The van der Waals surface area contributed by atoms with Crippen LogP contribution in [0.5, 0.6) is 5.75 Å². The number of hydrogen-bond donors (Lipinski definition) is 0. The van der Waals surface area contributed by atoms with Crippen molar-refractivity contribution in [3.8, 4) is 5.75 Å². The van der Waals surface area contributed by atoms with Gasteiger partial charge in [-0.2, -0.15) is 0 Å². The van der Waals surface area contributed by atoms with Crippen LogP contribution in [-0.4, -0.2) is 0 Å². The lowest BCUT2D eigenvalue weighted by atomic mass is 10.3. The number of ether oxygens (including phenoxy) is 1. The van der Waals surface area contributed by atoms with Crippen molar-refractivity contribution < 1.29 is 4.74 Å². The first-order valence-corrected chi connectivity index (χ1v) is 5.45. The second kappa shape index (κ2) is 8.54. The van der Waals surface area contributed by atoms with Gasteiger partial charge in [0.2, 0.25) is 0 Å². The molecule has 1 heteroatoms. The highest BCUT2D eigenvalue weighted by Crippen LogP contribution is 2.14. The van der Waals surface area contributed by atoms with Gasteiger partial charge in [-0.15, -0.1) is 0 Å². The molecular weight excluding hydrogens is 196 g/mol. The summed E-state index contributed by atoms with van der Waals surface area (Å²) < 4.78 is 5.56. The fourth-order valence-corrected chi connectivity index (χ4v) is 0.998. The van der Waals surface area contributed by atoms with Gasteiger partial charge in [0, 0.05) is 0 Å². The van der Waals surface area contributed by atoms with E-state index in [2.05, 4.69) is 13.2 Å². The number of para-hydroxylation sites is 1. The summed E-state index contributed by atoms with van der Waals surface area (Å²) in [5, 5.41) is 0. The third-order valence-electron chi connectivity index (χ3n) is 1.57. The van der Waals surface area contributed by atoms with E-state index in [0.29, 0.717) is 5.76 Å². The van der Waals surface area contributed by atoms with Crippen LogP contribution in [0.1, 0.15) is 20.8 Å². The summed E-state index contributed by atoms with van der Waals surface area (Å²) in [7, 11) is 0. The van der Waals surface area contributed by atoms with E-state index >= 15 is 0 Å². The van der Waals surface area contributed by atoms with Gasteiger partial charge in [0.25, 0.3) is 0 Å². The smallest absolute Gasteiger partial charge is 0.127 e. The van der Waals surface area contributed by atoms with Crippen molar-refractivity contribution in [2.75, 3.05) is 0 Å². The van der Waals surface area contributed by atoms with Gasteiger partial charge in [0.15, 0.2) is 0 Å². The molecule has 1 aromatic rings. The average Bonchev–Trinajstić information content (AvgIpc) is 2.31. The van der Waals surface area contributed by atoms with Crippen LogP contribution in [0.15, 0.2) is 67.0 Å². The highest BCUT2D eigenvalue weighted by atomic mass is 16.5. The number of benzene rings is 1. The lowest BCUT2D eigenvalue weighted by Crippen LogP contribution is -1.91. The van der Waals surface area contributed by atoms with Gasteiger partial charge in [-0.1, -0.05) is 50.8 Å². The van der Waals surface area contributed by atoms with E-state index in [-0.39, 0.29) is 0 Å². The normalized spacial score (nSPS) is 9.81. The van der Waals surface area contributed by atoms with E-state index in [1.54, 1.807) is 6.08 Å². The first kappa shape index (κ1) is 14.2. The molecule has 0 aliphatic rings. The molecule has 0 bridgehead atoms. The highest BCUT2D eigenvalue weighted by molar-refractivity contribution is 5.29. The zero-order valence-corrected chi connectivity index (χ0v) is 10.4. The summed E-state index contributed by atoms with van der Waals surface area (Å²) in [6, 6.07) is 9.60. The van der Waals surface area contributed by atoms with Crippen molar-refractivity contribution in [3.05, 3.63) is 67.0 Å². The molecule has 1 nitrogen and oxygen atoms in total. The Kier molecular flexibility index (Phi) is 7.60. The maximum atomic E-state index is 5.56. The topological polar surface area (TPSA) is 9.23 Å². The molecule has 0 aliphatic carbocycles. The predicted octanol–water partition coefficient (Wildman–Crippen LogP) is 4.74. The highest BCUT2D eigenvalue weighted by Gasteiger charge is 1.94. The molecule has 0 amide bonds. The third kappa shape index (κ3) is 5.86. The fourth-order valence-electron chi connectivity index (χ4n) is 0.998. The van der Waals surface area contributed by atoms with Gasteiger partial charge < -0.3 is 4.74 Å². The van der Waals surface area contributed by atoms with Crippen LogP contribution in [0, 0.1) is 0 Å². The Labute approximate surface area is 98.8 Å². The van der Waals surface area contributed by atoms with Crippen LogP contribution in [0.2, 0.25) is 0 Å². The minimum atomic E-state index is 0.712. The summed E-state index contributed by atoms with van der Waals surface area (Å²) in [5.74, 6) is 1.52. The quantitative estimate of drug-likeness (QED) is 0.522. The molecule has 0 saturated heterocycles. The van der Waals surface area contributed by atoms with E-state index < -0.39 is 0 Å². The zero-order chi connectivity index (χ0) is 12.4. The SMILES string of the molecule is C=C/C(=C\C(=C)C)Oc1ccccc1.CC. The monoisotopic (exact) mass is 216 g/mol. The largest absolute Gasteiger partial charge is 0.457 e. The van der Waals surface area contributed by atoms with Crippen molar-refractivity contribution >= 4 is 0 Å². The molecule has 0 heterocycles. The Morgan fingerprint density at radius 3 is 2.19 bits per heavy atom. The molecule has 1 rings (SSSR count). The van der Waals surface area contributed by atoms with Crippen LogP contribution < -0.4 is 4.74 Å². The van der Waals surface area contributed by atoms with E-state index in [9.17, 15) is 0 Å². The van der Waals surface area contributed by atoms with Gasteiger partial charge in [0.1, 0.15) is 11.5 Å². The lowest BCUT2D eigenvalue weighted by molar-refractivity contribution is 0.444. The van der Waals surface area contributed by atoms with Crippen molar-refractivity contribution in [1.29, 1.82) is 0 Å². The minimum absolute atomic E-state index is 0.712. The first-order valence-electron chi connectivity index (χ1n) is 5.45. The van der Waals surface area contributed by atoms with E-state index in [1.807, 2.05) is 57.2 Å². The third-order valence-corrected chi connectivity index (χ3v) is 1.57. The van der Waals surface area contributed by atoms with E-state index in [1.165, 1.54) is 0 Å². The average molecular weight is 216 g/mol. The van der Waals surface area contributed by atoms with Crippen molar-refractivity contribution in [1.82, 2.24) is 0 Å². The van der Waals surface area contributed by atoms with E-state index in [4.69, 9.17) is 4.74 Å². The van der Waals surface area contributed by atoms with Crippen molar-refractivity contribution in [2.24, 2.45) is 0 Å².